The molecule has 30 heavy (non-hydrogen) atoms. The van der Waals surface area contributed by atoms with Crippen LogP contribution in [0, 0.1) is 11.8 Å². The van der Waals surface area contributed by atoms with Crippen molar-refractivity contribution in [2.75, 3.05) is 26.3 Å². The predicted octanol–water partition coefficient (Wildman–Crippen LogP) is 5.39. The van der Waals surface area contributed by atoms with E-state index in [9.17, 15) is 9.59 Å². The molecule has 1 amide bonds. The first-order chi connectivity index (χ1) is 13.7. The summed E-state index contributed by atoms with van der Waals surface area (Å²) in [5.41, 5.74) is -0.527. The van der Waals surface area contributed by atoms with Crippen molar-refractivity contribution in [2.45, 2.75) is 85.0 Å². The van der Waals surface area contributed by atoms with Crippen molar-refractivity contribution in [1.82, 2.24) is 4.90 Å². The topological polar surface area (TPSA) is 65.1 Å². The highest BCUT2D eigenvalue weighted by molar-refractivity contribution is 6.74. The molecule has 174 valence electrons. The second-order valence-electron chi connectivity index (χ2n) is 10.6. The molecule has 1 saturated heterocycles. The molecule has 1 fully saturated rings. The van der Waals surface area contributed by atoms with Crippen LogP contribution in [0.1, 0.15) is 61.3 Å². The van der Waals surface area contributed by atoms with Gasteiger partial charge in [-0.15, -0.1) is 0 Å². The minimum Gasteiger partial charge on any atom is -0.463 e. The molecule has 0 radical (unpaired) electrons. The van der Waals surface area contributed by atoms with E-state index in [4.69, 9.17) is 13.9 Å². The summed E-state index contributed by atoms with van der Waals surface area (Å²) in [6.45, 7) is 20.9. The Kier molecular flexibility index (Phi) is 9.61. The summed E-state index contributed by atoms with van der Waals surface area (Å²) in [4.78, 5) is 26.1. The van der Waals surface area contributed by atoms with E-state index in [-0.39, 0.29) is 23.0 Å². The average Bonchev–Trinajstić information content (AvgIpc) is 2.58. The SMILES string of the molecule is CCOC(=O)C=C[C@@H]1CN(C(=O)OC(C)(C)C)CC[C@H]1CCO[Si](C)(C)C(C)(C)C. The number of rotatable bonds is 7. The number of piperidine rings is 1. The summed E-state index contributed by atoms with van der Waals surface area (Å²) in [5, 5.41) is 0.177. The quantitative estimate of drug-likeness (QED) is 0.301. The molecule has 0 aromatic carbocycles. The van der Waals surface area contributed by atoms with Crippen LogP contribution in [-0.4, -0.2) is 57.2 Å². The lowest BCUT2D eigenvalue weighted by atomic mass is 9.83. The largest absolute Gasteiger partial charge is 0.463 e. The number of esters is 1. The fourth-order valence-electron chi connectivity index (χ4n) is 3.17. The third-order valence-corrected chi connectivity index (χ3v) is 10.5. The number of carbonyl (C=O) groups is 2. The van der Waals surface area contributed by atoms with Gasteiger partial charge in [-0.05, 0) is 70.5 Å². The zero-order chi connectivity index (χ0) is 23.2. The predicted molar refractivity (Wildman–Crippen MR) is 123 cm³/mol. The van der Waals surface area contributed by atoms with Gasteiger partial charge < -0.3 is 18.8 Å². The van der Waals surface area contributed by atoms with E-state index in [0.29, 0.717) is 32.2 Å². The molecule has 1 rings (SSSR count). The molecular weight excluding hydrogens is 398 g/mol. The molecule has 1 aliphatic rings. The molecule has 2 atom stereocenters. The Hall–Kier alpha value is -1.34. The van der Waals surface area contributed by atoms with Crippen molar-refractivity contribution in [1.29, 1.82) is 0 Å². The van der Waals surface area contributed by atoms with Gasteiger partial charge >= 0.3 is 12.1 Å². The number of amides is 1. The van der Waals surface area contributed by atoms with Gasteiger partial charge in [-0.2, -0.15) is 0 Å². The first-order valence-electron chi connectivity index (χ1n) is 11.1. The highest BCUT2D eigenvalue weighted by atomic mass is 28.4. The Balaban J connectivity index is 2.81. The van der Waals surface area contributed by atoms with Crippen LogP contribution in [0.3, 0.4) is 0 Å². The Labute approximate surface area is 184 Å². The fourth-order valence-corrected chi connectivity index (χ4v) is 4.23. The maximum Gasteiger partial charge on any atom is 0.410 e. The molecular formula is C23H43NO5Si. The van der Waals surface area contributed by atoms with Crippen molar-refractivity contribution in [2.24, 2.45) is 11.8 Å². The first-order valence-corrected chi connectivity index (χ1v) is 14.0. The maximum absolute atomic E-state index is 12.5. The number of ether oxygens (including phenoxy) is 2. The van der Waals surface area contributed by atoms with Crippen molar-refractivity contribution >= 4 is 20.4 Å². The lowest BCUT2D eigenvalue weighted by Crippen LogP contribution is -2.46. The summed E-state index contributed by atoms with van der Waals surface area (Å²) >= 11 is 0. The fraction of sp³-hybridized carbons (Fsp3) is 0.826. The van der Waals surface area contributed by atoms with E-state index in [2.05, 4.69) is 33.9 Å². The number of hydrogen-bond acceptors (Lipinski definition) is 5. The average molecular weight is 442 g/mol. The molecule has 0 aromatic rings. The van der Waals surface area contributed by atoms with Gasteiger partial charge in [0, 0.05) is 25.8 Å². The van der Waals surface area contributed by atoms with Gasteiger partial charge in [-0.3, -0.25) is 0 Å². The van der Waals surface area contributed by atoms with Gasteiger partial charge in [0.05, 0.1) is 6.61 Å². The Morgan fingerprint density at radius 2 is 1.77 bits per heavy atom. The van der Waals surface area contributed by atoms with Crippen molar-refractivity contribution in [3.63, 3.8) is 0 Å². The smallest absolute Gasteiger partial charge is 0.410 e. The van der Waals surface area contributed by atoms with Crippen LogP contribution < -0.4 is 0 Å². The van der Waals surface area contributed by atoms with Crippen LogP contribution in [0.25, 0.3) is 0 Å². The number of likely N-dealkylation sites (tertiary alicyclic amines) is 1. The molecule has 0 aliphatic carbocycles. The minimum absolute atomic E-state index is 0.0682. The molecule has 1 aliphatic heterocycles. The van der Waals surface area contributed by atoms with Crippen molar-refractivity contribution in [3.05, 3.63) is 12.2 Å². The molecule has 6 nitrogen and oxygen atoms in total. The van der Waals surface area contributed by atoms with Crippen LogP contribution in [-0.2, 0) is 18.7 Å². The second-order valence-corrected chi connectivity index (χ2v) is 15.5. The Morgan fingerprint density at radius 3 is 2.30 bits per heavy atom. The number of hydrogen-bond donors (Lipinski definition) is 0. The van der Waals surface area contributed by atoms with Gasteiger partial charge in [-0.25, -0.2) is 9.59 Å². The van der Waals surface area contributed by atoms with E-state index in [1.165, 1.54) is 6.08 Å². The maximum atomic E-state index is 12.5. The minimum atomic E-state index is -1.79. The van der Waals surface area contributed by atoms with E-state index < -0.39 is 13.9 Å². The summed E-state index contributed by atoms with van der Waals surface area (Å²) in [6.07, 6.45) is 4.86. The molecule has 0 saturated carbocycles. The summed E-state index contributed by atoms with van der Waals surface area (Å²) in [6, 6.07) is 0. The molecule has 0 bridgehead atoms. The molecule has 7 heteroatoms. The lowest BCUT2D eigenvalue weighted by Gasteiger charge is -2.39. The van der Waals surface area contributed by atoms with Gasteiger partial charge in [0.15, 0.2) is 8.32 Å². The zero-order valence-electron chi connectivity index (χ0n) is 20.5. The van der Waals surface area contributed by atoms with Crippen LogP contribution in [0.5, 0.6) is 0 Å². The van der Waals surface area contributed by atoms with Gasteiger partial charge in [0.25, 0.3) is 0 Å². The van der Waals surface area contributed by atoms with Crippen LogP contribution >= 0.6 is 0 Å². The summed E-state index contributed by atoms with van der Waals surface area (Å²) in [7, 11) is -1.79. The second kappa shape index (κ2) is 10.8. The molecule has 0 unspecified atom stereocenters. The lowest BCUT2D eigenvalue weighted by molar-refractivity contribution is -0.137. The van der Waals surface area contributed by atoms with E-state index >= 15 is 0 Å². The number of carbonyl (C=O) groups excluding carboxylic acids is 2. The van der Waals surface area contributed by atoms with Crippen molar-refractivity contribution in [3.8, 4) is 0 Å². The highest BCUT2D eigenvalue weighted by Gasteiger charge is 2.38. The van der Waals surface area contributed by atoms with Crippen LogP contribution in [0.2, 0.25) is 18.1 Å². The summed E-state index contributed by atoms with van der Waals surface area (Å²) < 4.78 is 16.9. The standard InChI is InChI=1S/C23H43NO5Si/c1-10-27-20(25)12-11-19-17-24(21(26)29-22(2,3)4)15-13-18(19)14-16-28-30(8,9)23(5,6)7/h11-12,18-19H,10,13-17H2,1-9H3/t18-,19+/m0/s1. The van der Waals surface area contributed by atoms with Crippen molar-refractivity contribution < 1.29 is 23.5 Å². The van der Waals surface area contributed by atoms with Gasteiger partial charge in [0.2, 0.25) is 0 Å². The summed E-state index contributed by atoms with van der Waals surface area (Å²) in [5.74, 6) is 0.0704. The van der Waals surface area contributed by atoms with Gasteiger partial charge in [-0.1, -0.05) is 26.8 Å². The monoisotopic (exact) mass is 441 g/mol. The molecule has 1 heterocycles. The van der Waals surface area contributed by atoms with Crippen LogP contribution in [0.4, 0.5) is 4.79 Å². The Bertz CT molecular complexity index is 604. The van der Waals surface area contributed by atoms with E-state index in [1.807, 2.05) is 26.8 Å². The normalized spacial score (nSPS) is 21.0. The van der Waals surface area contributed by atoms with Gasteiger partial charge in [0.1, 0.15) is 5.60 Å². The molecule has 0 spiro atoms. The molecule has 0 aromatic heterocycles. The van der Waals surface area contributed by atoms with E-state index in [1.54, 1.807) is 11.8 Å². The third-order valence-electron chi connectivity index (χ3n) is 5.98. The zero-order valence-corrected chi connectivity index (χ0v) is 21.5. The molecule has 0 N–H and O–H groups in total. The van der Waals surface area contributed by atoms with E-state index in [0.717, 1.165) is 12.8 Å². The highest BCUT2D eigenvalue weighted by Crippen LogP contribution is 2.37. The third kappa shape index (κ3) is 8.80. The Morgan fingerprint density at radius 1 is 1.13 bits per heavy atom. The van der Waals surface area contributed by atoms with Crippen LogP contribution in [0.15, 0.2) is 12.2 Å². The number of nitrogens with zero attached hydrogens (tertiary/aromatic N) is 1. The first kappa shape index (κ1) is 26.7.